The third-order valence-corrected chi connectivity index (χ3v) is 14.2. The lowest BCUT2D eigenvalue weighted by atomic mass is 9.67. The van der Waals surface area contributed by atoms with Crippen molar-refractivity contribution in [2.24, 2.45) is 0 Å². The highest BCUT2D eigenvalue weighted by atomic mass is 16.3. The van der Waals surface area contributed by atoms with Crippen molar-refractivity contribution in [3.8, 4) is 55.6 Å². The third-order valence-electron chi connectivity index (χ3n) is 14.2. The second-order valence-electron chi connectivity index (χ2n) is 17.9. The van der Waals surface area contributed by atoms with E-state index in [4.69, 9.17) is 4.42 Å². The van der Waals surface area contributed by atoms with Gasteiger partial charge in [-0.2, -0.15) is 0 Å². The normalized spacial score (nSPS) is 12.5. The molecule has 0 N–H and O–H groups in total. The Bertz CT molecular complexity index is 3780. The van der Waals surface area contributed by atoms with Crippen molar-refractivity contribution in [2.45, 2.75) is 5.41 Å². The predicted octanol–water partition coefficient (Wildman–Crippen LogP) is 18.1. The Morgan fingerprint density at radius 1 is 0.290 bits per heavy atom. The molecule has 0 bridgehead atoms. The molecule has 1 aromatic heterocycles. The molecule has 0 radical (unpaired) electrons. The average molecular weight is 880 g/mol. The number of rotatable bonds is 9. The maximum Gasteiger partial charge on any atom is 0.136 e. The number of para-hydroxylation sites is 2. The molecular formula is C67H45NO. The van der Waals surface area contributed by atoms with E-state index in [1.165, 1.54) is 61.2 Å². The van der Waals surface area contributed by atoms with Gasteiger partial charge in [0.25, 0.3) is 0 Å². The molecular weight excluding hydrogens is 835 g/mol. The molecule has 0 saturated carbocycles. The Kier molecular flexibility index (Phi) is 9.77. The first kappa shape index (κ1) is 40.3. The molecule has 0 amide bonds. The summed E-state index contributed by atoms with van der Waals surface area (Å²) in [5.74, 6) is 0. The van der Waals surface area contributed by atoms with Crippen molar-refractivity contribution >= 4 is 39.0 Å². The lowest BCUT2D eigenvalue weighted by Gasteiger charge is -2.34. The van der Waals surface area contributed by atoms with E-state index in [2.05, 4.69) is 266 Å². The predicted molar refractivity (Wildman–Crippen MR) is 287 cm³/mol. The van der Waals surface area contributed by atoms with Crippen LogP contribution in [-0.2, 0) is 5.41 Å². The van der Waals surface area contributed by atoms with Crippen LogP contribution in [0.25, 0.3) is 77.6 Å². The van der Waals surface area contributed by atoms with Crippen molar-refractivity contribution < 1.29 is 4.42 Å². The zero-order chi connectivity index (χ0) is 45.7. The second kappa shape index (κ2) is 16.7. The van der Waals surface area contributed by atoms with E-state index in [0.717, 1.165) is 55.7 Å². The van der Waals surface area contributed by atoms with Crippen LogP contribution in [0, 0.1) is 0 Å². The van der Waals surface area contributed by atoms with Gasteiger partial charge in [0, 0.05) is 27.7 Å². The van der Waals surface area contributed by atoms with Crippen LogP contribution >= 0.6 is 0 Å². The van der Waals surface area contributed by atoms with Gasteiger partial charge in [-0.1, -0.05) is 224 Å². The van der Waals surface area contributed by atoms with Gasteiger partial charge in [0.2, 0.25) is 0 Å². The fraction of sp³-hybridized carbons (Fsp3) is 0.0149. The molecule has 12 aromatic rings. The summed E-state index contributed by atoms with van der Waals surface area (Å²) in [6, 6.07) is 99.3. The van der Waals surface area contributed by atoms with Crippen molar-refractivity contribution in [1.29, 1.82) is 0 Å². The van der Waals surface area contributed by atoms with Crippen molar-refractivity contribution in [3.05, 3.63) is 295 Å². The Morgan fingerprint density at radius 3 is 1.45 bits per heavy atom. The highest BCUT2D eigenvalue weighted by Gasteiger charge is 2.47. The molecule has 324 valence electrons. The fourth-order valence-corrected chi connectivity index (χ4v) is 11.1. The molecule has 1 heterocycles. The van der Waals surface area contributed by atoms with Gasteiger partial charge in [0.15, 0.2) is 0 Å². The topological polar surface area (TPSA) is 16.4 Å². The molecule has 0 spiro atoms. The minimum Gasteiger partial charge on any atom is -0.456 e. The molecule has 0 saturated heterocycles. The second-order valence-corrected chi connectivity index (χ2v) is 17.9. The van der Waals surface area contributed by atoms with Crippen LogP contribution in [-0.4, -0.2) is 0 Å². The molecule has 1 aliphatic rings. The maximum atomic E-state index is 6.33. The molecule has 0 atom stereocenters. The van der Waals surface area contributed by atoms with Crippen LogP contribution in [0.4, 0.5) is 17.1 Å². The number of fused-ring (bicyclic) bond motifs is 6. The number of anilines is 3. The summed E-state index contributed by atoms with van der Waals surface area (Å²) in [6.07, 6.45) is 0. The Morgan fingerprint density at radius 2 is 0.768 bits per heavy atom. The minimum atomic E-state index is -0.508. The van der Waals surface area contributed by atoms with Gasteiger partial charge >= 0.3 is 0 Å². The molecule has 0 unspecified atom stereocenters. The summed E-state index contributed by atoms with van der Waals surface area (Å²) < 4.78 is 6.33. The lowest BCUT2D eigenvalue weighted by molar-refractivity contribution is 0.669. The zero-order valence-electron chi connectivity index (χ0n) is 37.8. The van der Waals surface area contributed by atoms with Gasteiger partial charge in [-0.15, -0.1) is 0 Å². The molecule has 0 aliphatic heterocycles. The molecule has 2 nitrogen and oxygen atoms in total. The first-order chi connectivity index (χ1) is 34.2. The van der Waals surface area contributed by atoms with Crippen molar-refractivity contribution in [3.63, 3.8) is 0 Å². The highest BCUT2D eigenvalue weighted by Crippen LogP contribution is 2.59. The van der Waals surface area contributed by atoms with Crippen LogP contribution in [0.5, 0.6) is 0 Å². The maximum absolute atomic E-state index is 6.33. The van der Waals surface area contributed by atoms with Gasteiger partial charge in [0.05, 0.1) is 11.1 Å². The van der Waals surface area contributed by atoms with E-state index < -0.39 is 5.41 Å². The number of hydrogen-bond acceptors (Lipinski definition) is 2. The Balaban J connectivity index is 0.986. The van der Waals surface area contributed by atoms with E-state index in [1.54, 1.807) is 0 Å². The first-order valence-electron chi connectivity index (χ1n) is 23.7. The van der Waals surface area contributed by atoms with Crippen LogP contribution in [0.3, 0.4) is 0 Å². The van der Waals surface area contributed by atoms with Gasteiger partial charge in [-0.25, -0.2) is 0 Å². The summed E-state index contributed by atoms with van der Waals surface area (Å²) in [5.41, 5.74) is 21.5. The molecule has 2 heteroatoms. The van der Waals surface area contributed by atoms with Gasteiger partial charge < -0.3 is 9.32 Å². The number of furan rings is 1. The minimum absolute atomic E-state index is 0.508. The van der Waals surface area contributed by atoms with E-state index >= 15 is 0 Å². The first-order valence-corrected chi connectivity index (χ1v) is 23.7. The van der Waals surface area contributed by atoms with Gasteiger partial charge in [0.1, 0.15) is 11.2 Å². The number of benzene rings is 11. The SMILES string of the molecule is c1ccc(-c2ccccc2-c2ccc(N(c3ccc(-c4ccc5c(c4)oc4ccccc45)cc3)c3ccccc3-c3cccc4c3-c3ccccc3C4(c3ccccc3)c3ccccc3)cc2)cc1. The van der Waals surface area contributed by atoms with E-state index in [1.807, 2.05) is 12.1 Å². The number of nitrogens with zero attached hydrogens (tertiary/aromatic N) is 1. The Hall–Kier alpha value is -8.98. The lowest BCUT2D eigenvalue weighted by Crippen LogP contribution is -2.28. The van der Waals surface area contributed by atoms with Gasteiger partial charge in [-0.3, -0.25) is 0 Å². The standard InChI is InChI=1S/C67H45NO/c1-4-19-47(20-5-1)54-25-10-11-26-55(54)48-37-42-53(43-38-48)68(52-40-35-46(36-41-52)49-39-44-58-57-28-14-17-34-64(57)69-65(58)45-49)63-33-16-13-27-56(63)59-30-18-32-62-66(59)60-29-12-15-31-61(60)67(62,50-21-6-2-7-22-50)51-23-8-3-9-24-51/h1-45H. The monoisotopic (exact) mass is 879 g/mol. The quantitative estimate of drug-likeness (QED) is 0.144. The fourth-order valence-electron chi connectivity index (χ4n) is 11.1. The van der Waals surface area contributed by atoms with Crippen LogP contribution in [0.15, 0.2) is 277 Å². The average Bonchev–Trinajstić information content (AvgIpc) is 3.96. The van der Waals surface area contributed by atoms with Crippen molar-refractivity contribution in [2.75, 3.05) is 4.90 Å². The van der Waals surface area contributed by atoms with Crippen LogP contribution in [0.2, 0.25) is 0 Å². The van der Waals surface area contributed by atoms with Gasteiger partial charge in [-0.05, 0) is 121 Å². The largest absolute Gasteiger partial charge is 0.456 e. The number of hydrogen-bond donors (Lipinski definition) is 0. The highest BCUT2D eigenvalue weighted by molar-refractivity contribution is 6.06. The van der Waals surface area contributed by atoms with E-state index in [-0.39, 0.29) is 0 Å². The summed E-state index contributed by atoms with van der Waals surface area (Å²) in [7, 11) is 0. The molecule has 13 rings (SSSR count). The molecule has 69 heavy (non-hydrogen) atoms. The molecule has 1 aliphatic carbocycles. The molecule has 11 aromatic carbocycles. The zero-order valence-corrected chi connectivity index (χ0v) is 37.8. The Labute approximate surface area is 402 Å². The third kappa shape index (κ3) is 6.64. The summed E-state index contributed by atoms with van der Waals surface area (Å²) in [6.45, 7) is 0. The summed E-state index contributed by atoms with van der Waals surface area (Å²) >= 11 is 0. The van der Waals surface area contributed by atoms with Crippen LogP contribution in [0.1, 0.15) is 22.3 Å². The summed E-state index contributed by atoms with van der Waals surface area (Å²) in [5, 5.41) is 2.26. The summed E-state index contributed by atoms with van der Waals surface area (Å²) in [4.78, 5) is 2.43. The van der Waals surface area contributed by atoms with E-state index in [9.17, 15) is 0 Å². The van der Waals surface area contributed by atoms with Crippen molar-refractivity contribution in [1.82, 2.24) is 0 Å². The smallest absolute Gasteiger partial charge is 0.136 e. The van der Waals surface area contributed by atoms with E-state index in [0.29, 0.717) is 0 Å². The molecule has 0 fully saturated rings. The van der Waals surface area contributed by atoms with Crippen LogP contribution < -0.4 is 4.90 Å².